The molecule has 0 bridgehead atoms. The Kier molecular flexibility index (Phi) is 5.71. The Labute approximate surface area is 80.7 Å². The normalized spacial score (nSPS) is 13.1. The first kappa shape index (κ1) is 12.4. The van der Waals surface area contributed by atoms with Gasteiger partial charge in [0.1, 0.15) is 0 Å². The first-order valence-corrected chi connectivity index (χ1v) is 4.98. The number of hydrogen-bond donors (Lipinski definition) is 1. The molecule has 0 aliphatic heterocycles. The van der Waals surface area contributed by atoms with Crippen molar-refractivity contribution in [1.29, 1.82) is 0 Å². The molecule has 0 saturated carbocycles. The Balaban J connectivity index is 4.05. The fourth-order valence-electron chi connectivity index (χ4n) is 1.07. The van der Waals surface area contributed by atoms with Gasteiger partial charge in [-0.1, -0.05) is 20.8 Å². The van der Waals surface area contributed by atoms with Crippen molar-refractivity contribution in [2.75, 3.05) is 13.1 Å². The topological polar surface area (TPSA) is 40.5 Å². The van der Waals surface area contributed by atoms with Crippen molar-refractivity contribution in [1.82, 2.24) is 4.90 Å². The standard InChI is InChI=1S/C10H21NO2/c1-5-10(13)11(6-2)7-9(12)8(3)4/h8-9,12H,5-7H2,1-4H3. The molecule has 0 fully saturated rings. The summed E-state index contributed by atoms with van der Waals surface area (Å²) >= 11 is 0. The zero-order valence-electron chi connectivity index (χ0n) is 9.08. The van der Waals surface area contributed by atoms with Crippen LogP contribution in [0.2, 0.25) is 0 Å². The van der Waals surface area contributed by atoms with E-state index in [1.165, 1.54) is 0 Å². The van der Waals surface area contributed by atoms with Gasteiger partial charge >= 0.3 is 0 Å². The minimum Gasteiger partial charge on any atom is -0.391 e. The Bertz CT molecular complexity index is 157. The maximum atomic E-state index is 11.3. The van der Waals surface area contributed by atoms with Crippen molar-refractivity contribution < 1.29 is 9.90 Å². The van der Waals surface area contributed by atoms with Crippen LogP contribution in [0.15, 0.2) is 0 Å². The Morgan fingerprint density at radius 2 is 1.92 bits per heavy atom. The summed E-state index contributed by atoms with van der Waals surface area (Å²) in [5, 5.41) is 9.58. The lowest BCUT2D eigenvalue weighted by Crippen LogP contribution is -2.38. The van der Waals surface area contributed by atoms with Crippen molar-refractivity contribution >= 4 is 5.91 Å². The van der Waals surface area contributed by atoms with E-state index in [1.807, 2.05) is 27.7 Å². The zero-order chi connectivity index (χ0) is 10.4. The Hall–Kier alpha value is -0.570. The lowest BCUT2D eigenvalue weighted by atomic mass is 10.1. The lowest BCUT2D eigenvalue weighted by Gasteiger charge is -2.25. The third-order valence-corrected chi connectivity index (χ3v) is 2.21. The van der Waals surface area contributed by atoms with Gasteiger partial charge in [-0.25, -0.2) is 0 Å². The minimum atomic E-state index is -0.407. The maximum absolute atomic E-state index is 11.3. The Morgan fingerprint density at radius 3 is 2.23 bits per heavy atom. The number of rotatable bonds is 5. The van der Waals surface area contributed by atoms with Crippen LogP contribution in [0.4, 0.5) is 0 Å². The van der Waals surface area contributed by atoms with E-state index in [9.17, 15) is 9.90 Å². The molecule has 0 heterocycles. The molecular weight excluding hydrogens is 166 g/mol. The summed E-state index contributed by atoms with van der Waals surface area (Å²) in [7, 11) is 0. The molecule has 0 aromatic carbocycles. The van der Waals surface area contributed by atoms with E-state index in [-0.39, 0.29) is 11.8 Å². The molecule has 1 atom stereocenters. The highest BCUT2D eigenvalue weighted by atomic mass is 16.3. The van der Waals surface area contributed by atoms with Crippen LogP contribution in [0.5, 0.6) is 0 Å². The van der Waals surface area contributed by atoms with Crippen LogP contribution in [-0.4, -0.2) is 35.1 Å². The molecule has 1 N–H and O–H groups in total. The number of amides is 1. The summed E-state index contributed by atoms with van der Waals surface area (Å²) in [5.41, 5.74) is 0. The zero-order valence-corrected chi connectivity index (χ0v) is 9.08. The van der Waals surface area contributed by atoms with Gasteiger partial charge in [0.2, 0.25) is 5.91 Å². The maximum Gasteiger partial charge on any atom is 0.222 e. The third-order valence-electron chi connectivity index (χ3n) is 2.21. The number of aliphatic hydroxyl groups excluding tert-OH is 1. The van der Waals surface area contributed by atoms with Crippen LogP contribution < -0.4 is 0 Å². The molecule has 3 heteroatoms. The van der Waals surface area contributed by atoms with Gasteiger partial charge < -0.3 is 10.0 Å². The minimum absolute atomic E-state index is 0.113. The van der Waals surface area contributed by atoms with E-state index in [0.29, 0.717) is 19.5 Å². The largest absolute Gasteiger partial charge is 0.391 e. The molecule has 1 amide bonds. The summed E-state index contributed by atoms with van der Waals surface area (Å²) < 4.78 is 0. The molecule has 0 saturated heterocycles. The van der Waals surface area contributed by atoms with E-state index in [2.05, 4.69) is 0 Å². The van der Waals surface area contributed by atoms with Crippen LogP contribution >= 0.6 is 0 Å². The van der Waals surface area contributed by atoms with Crippen LogP contribution in [0, 0.1) is 5.92 Å². The number of carbonyl (C=O) groups is 1. The fraction of sp³-hybridized carbons (Fsp3) is 0.900. The molecule has 0 aliphatic rings. The number of aliphatic hydroxyl groups is 1. The molecule has 0 rings (SSSR count). The van der Waals surface area contributed by atoms with Crippen molar-refractivity contribution in [2.45, 2.75) is 40.2 Å². The molecule has 0 aromatic rings. The molecular formula is C10H21NO2. The molecule has 78 valence electrons. The second-order valence-corrected chi connectivity index (χ2v) is 3.60. The van der Waals surface area contributed by atoms with E-state index in [0.717, 1.165) is 0 Å². The quantitative estimate of drug-likeness (QED) is 0.704. The number of nitrogens with zero attached hydrogens (tertiary/aromatic N) is 1. The first-order chi connectivity index (χ1) is 6.02. The van der Waals surface area contributed by atoms with Gasteiger partial charge in [0.15, 0.2) is 0 Å². The SMILES string of the molecule is CCC(=O)N(CC)CC(O)C(C)C. The summed E-state index contributed by atoms with van der Waals surface area (Å²) in [6.45, 7) is 8.81. The molecule has 0 aliphatic carbocycles. The number of carbonyl (C=O) groups excluding carboxylic acids is 1. The summed E-state index contributed by atoms with van der Waals surface area (Å²) in [6.07, 6.45) is 0.106. The predicted octanol–water partition coefficient (Wildman–Crippen LogP) is 1.26. The van der Waals surface area contributed by atoms with Gasteiger partial charge in [0, 0.05) is 19.5 Å². The van der Waals surface area contributed by atoms with Gasteiger partial charge in [-0.3, -0.25) is 4.79 Å². The van der Waals surface area contributed by atoms with E-state index >= 15 is 0 Å². The molecule has 0 spiro atoms. The van der Waals surface area contributed by atoms with Crippen molar-refractivity contribution in [3.63, 3.8) is 0 Å². The smallest absolute Gasteiger partial charge is 0.222 e. The van der Waals surface area contributed by atoms with Crippen LogP contribution in [0.3, 0.4) is 0 Å². The highest BCUT2D eigenvalue weighted by molar-refractivity contribution is 5.75. The van der Waals surface area contributed by atoms with Gasteiger partial charge in [0.05, 0.1) is 6.10 Å². The summed E-state index contributed by atoms with van der Waals surface area (Å²) in [5.74, 6) is 0.320. The molecule has 0 aromatic heterocycles. The highest BCUT2D eigenvalue weighted by Crippen LogP contribution is 2.04. The average Bonchev–Trinajstić information content (AvgIpc) is 2.12. The second kappa shape index (κ2) is 5.97. The molecule has 3 nitrogen and oxygen atoms in total. The second-order valence-electron chi connectivity index (χ2n) is 3.60. The molecule has 13 heavy (non-hydrogen) atoms. The van der Waals surface area contributed by atoms with Crippen LogP contribution in [-0.2, 0) is 4.79 Å². The monoisotopic (exact) mass is 187 g/mol. The number of likely N-dealkylation sites (N-methyl/N-ethyl adjacent to an activating group) is 1. The average molecular weight is 187 g/mol. The fourth-order valence-corrected chi connectivity index (χ4v) is 1.07. The van der Waals surface area contributed by atoms with Gasteiger partial charge in [-0.2, -0.15) is 0 Å². The Morgan fingerprint density at radius 1 is 1.38 bits per heavy atom. The van der Waals surface area contributed by atoms with Crippen molar-refractivity contribution in [2.24, 2.45) is 5.92 Å². The predicted molar refractivity (Wildman–Crippen MR) is 53.4 cm³/mol. The van der Waals surface area contributed by atoms with Crippen LogP contribution in [0.1, 0.15) is 34.1 Å². The lowest BCUT2D eigenvalue weighted by molar-refractivity contribution is -0.132. The summed E-state index contributed by atoms with van der Waals surface area (Å²) in [6, 6.07) is 0. The van der Waals surface area contributed by atoms with E-state index in [1.54, 1.807) is 4.90 Å². The van der Waals surface area contributed by atoms with Crippen molar-refractivity contribution in [3.8, 4) is 0 Å². The van der Waals surface area contributed by atoms with Crippen molar-refractivity contribution in [3.05, 3.63) is 0 Å². The first-order valence-electron chi connectivity index (χ1n) is 4.98. The third kappa shape index (κ3) is 4.27. The number of hydrogen-bond acceptors (Lipinski definition) is 2. The molecule has 0 radical (unpaired) electrons. The van der Waals surface area contributed by atoms with Crippen LogP contribution in [0.25, 0.3) is 0 Å². The molecule has 1 unspecified atom stereocenters. The van der Waals surface area contributed by atoms with E-state index in [4.69, 9.17) is 0 Å². The van der Waals surface area contributed by atoms with Gasteiger partial charge in [0.25, 0.3) is 0 Å². The van der Waals surface area contributed by atoms with Gasteiger partial charge in [-0.15, -0.1) is 0 Å². The highest BCUT2D eigenvalue weighted by Gasteiger charge is 2.16. The van der Waals surface area contributed by atoms with Gasteiger partial charge in [-0.05, 0) is 12.8 Å². The summed E-state index contributed by atoms with van der Waals surface area (Å²) in [4.78, 5) is 13.0. The van der Waals surface area contributed by atoms with E-state index < -0.39 is 6.10 Å².